The van der Waals surface area contributed by atoms with Gasteiger partial charge in [0.25, 0.3) is 0 Å². The molecule has 1 saturated heterocycles. The number of aliphatic hydroxyl groups is 1. The van der Waals surface area contributed by atoms with Gasteiger partial charge in [0.1, 0.15) is 0 Å². The van der Waals surface area contributed by atoms with Gasteiger partial charge in [0, 0.05) is 31.2 Å². The van der Waals surface area contributed by atoms with Gasteiger partial charge in [-0.1, -0.05) is 0 Å². The summed E-state index contributed by atoms with van der Waals surface area (Å²) in [7, 11) is -0.387. The van der Waals surface area contributed by atoms with Gasteiger partial charge in [-0.25, -0.2) is 4.68 Å². The van der Waals surface area contributed by atoms with Crippen LogP contribution in [0.5, 0.6) is 0 Å². The van der Waals surface area contributed by atoms with Crippen LogP contribution in [0.3, 0.4) is 0 Å². The Morgan fingerprint density at radius 2 is 2.21 bits per heavy atom. The second kappa shape index (κ2) is 6.97. The zero-order chi connectivity index (χ0) is 17.2. The number of aliphatic hydroxyl groups excluding tert-OH is 1. The van der Waals surface area contributed by atoms with Crippen LogP contribution >= 0.6 is 0 Å². The SMILES string of the molecule is CCN(CCO)c1cc(B2OCC(C)(C)O2)cc(-n2cccn2)c1. The van der Waals surface area contributed by atoms with E-state index in [4.69, 9.17) is 9.31 Å². The highest BCUT2D eigenvalue weighted by Crippen LogP contribution is 2.23. The number of anilines is 1. The highest BCUT2D eigenvalue weighted by molar-refractivity contribution is 6.62. The van der Waals surface area contributed by atoms with E-state index >= 15 is 0 Å². The van der Waals surface area contributed by atoms with Crippen molar-refractivity contribution in [3.05, 3.63) is 36.7 Å². The molecule has 24 heavy (non-hydrogen) atoms. The van der Waals surface area contributed by atoms with E-state index in [-0.39, 0.29) is 19.3 Å². The molecule has 0 atom stereocenters. The Morgan fingerprint density at radius 1 is 1.38 bits per heavy atom. The van der Waals surface area contributed by atoms with Gasteiger partial charge < -0.3 is 19.3 Å². The highest BCUT2D eigenvalue weighted by atomic mass is 16.7. The van der Waals surface area contributed by atoms with E-state index in [2.05, 4.69) is 29.1 Å². The number of benzene rings is 1. The fourth-order valence-corrected chi connectivity index (χ4v) is 2.88. The molecule has 0 aliphatic carbocycles. The van der Waals surface area contributed by atoms with Gasteiger partial charge >= 0.3 is 7.12 Å². The molecule has 1 aliphatic rings. The molecule has 1 aromatic heterocycles. The summed E-state index contributed by atoms with van der Waals surface area (Å²) in [6, 6.07) is 8.06. The predicted molar refractivity (Wildman–Crippen MR) is 95.0 cm³/mol. The first-order chi connectivity index (χ1) is 11.5. The zero-order valence-corrected chi connectivity index (χ0v) is 14.5. The molecule has 0 amide bonds. The minimum Gasteiger partial charge on any atom is -0.404 e. The lowest BCUT2D eigenvalue weighted by atomic mass is 9.78. The molecule has 0 saturated carbocycles. The lowest BCUT2D eigenvalue weighted by molar-refractivity contribution is 0.137. The maximum atomic E-state index is 9.32. The Hall–Kier alpha value is -1.83. The average Bonchev–Trinajstić information content (AvgIpc) is 3.21. The molecule has 6 nitrogen and oxygen atoms in total. The molecule has 1 aromatic carbocycles. The fourth-order valence-electron chi connectivity index (χ4n) is 2.88. The molecule has 128 valence electrons. The van der Waals surface area contributed by atoms with Gasteiger partial charge in [0.2, 0.25) is 0 Å². The molecular formula is C17H24BN3O3. The number of aromatic nitrogens is 2. The van der Waals surface area contributed by atoms with E-state index in [1.807, 2.05) is 36.9 Å². The van der Waals surface area contributed by atoms with E-state index < -0.39 is 0 Å². The van der Waals surface area contributed by atoms with Crippen LogP contribution in [0, 0.1) is 0 Å². The number of hydrogen-bond donors (Lipinski definition) is 1. The number of hydrogen-bond acceptors (Lipinski definition) is 5. The Labute approximate surface area is 143 Å². The number of nitrogens with zero attached hydrogens (tertiary/aromatic N) is 3. The van der Waals surface area contributed by atoms with Crippen LogP contribution in [0.1, 0.15) is 20.8 Å². The Balaban J connectivity index is 2.00. The molecule has 1 aliphatic heterocycles. The third-order valence-electron chi connectivity index (χ3n) is 4.09. The molecule has 2 heterocycles. The first-order valence-electron chi connectivity index (χ1n) is 8.32. The molecular weight excluding hydrogens is 305 g/mol. The van der Waals surface area contributed by atoms with Crippen molar-refractivity contribution in [2.24, 2.45) is 0 Å². The topological polar surface area (TPSA) is 59.8 Å². The molecule has 0 radical (unpaired) electrons. The predicted octanol–water partition coefficient (Wildman–Crippen LogP) is 1.21. The summed E-state index contributed by atoms with van der Waals surface area (Å²) in [6.45, 7) is 8.18. The third kappa shape index (κ3) is 3.63. The maximum absolute atomic E-state index is 9.32. The summed E-state index contributed by atoms with van der Waals surface area (Å²) in [5.74, 6) is 0. The summed E-state index contributed by atoms with van der Waals surface area (Å²) in [6.07, 6.45) is 3.66. The van der Waals surface area contributed by atoms with Crippen molar-refractivity contribution in [1.82, 2.24) is 9.78 Å². The Kier molecular flexibility index (Phi) is 4.94. The van der Waals surface area contributed by atoms with Gasteiger partial charge in [0.15, 0.2) is 0 Å². The first-order valence-corrected chi connectivity index (χ1v) is 8.32. The molecule has 1 N–H and O–H groups in total. The largest absolute Gasteiger partial charge is 0.494 e. The van der Waals surface area contributed by atoms with Crippen molar-refractivity contribution < 1.29 is 14.4 Å². The van der Waals surface area contributed by atoms with Crippen LogP contribution in [-0.4, -0.2) is 53.9 Å². The highest BCUT2D eigenvalue weighted by Gasteiger charge is 2.38. The molecule has 0 spiro atoms. The molecule has 0 unspecified atom stereocenters. The smallest absolute Gasteiger partial charge is 0.404 e. The molecule has 2 aromatic rings. The van der Waals surface area contributed by atoms with Crippen molar-refractivity contribution in [1.29, 1.82) is 0 Å². The summed E-state index contributed by atoms with van der Waals surface area (Å²) >= 11 is 0. The quantitative estimate of drug-likeness (QED) is 0.808. The van der Waals surface area contributed by atoms with Crippen molar-refractivity contribution in [2.45, 2.75) is 26.4 Å². The summed E-state index contributed by atoms with van der Waals surface area (Å²) in [4.78, 5) is 2.12. The van der Waals surface area contributed by atoms with E-state index in [1.54, 1.807) is 6.20 Å². The fraction of sp³-hybridized carbons (Fsp3) is 0.471. The van der Waals surface area contributed by atoms with E-state index in [0.717, 1.165) is 23.4 Å². The minimum absolute atomic E-state index is 0.110. The van der Waals surface area contributed by atoms with Gasteiger partial charge in [-0.15, -0.1) is 0 Å². The Morgan fingerprint density at radius 3 is 2.79 bits per heavy atom. The van der Waals surface area contributed by atoms with Gasteiger partial charge in [-0.3, -0.25) is 0 Å². The van der Waals surface area contributed by atoms with Gasteiger partial charge in [-0.2, -0.15) is 5.10 Å². The molecule has 0 bridgehead atoms. The summed E-state index contributed by atoms with van der Waals surface area (Å²) in [5.41, 5.74) is 2.63. The average molecular weight is 329 g/mol. The minimum atomic E-state index is -0.387. The second-order valence-electron chi connectivity index (χ2n) is 6.56. The van der Waals surface area contributed by atoms with Gasteiger partial charge in [0.05, 0.1) is 24.5 Å². The number of likely N-dealkylation sites (N-methyl/N-ethyl adjacent to an activating group) is 1. The molecule has 3 rings (SSSR count). The Bertz CT molecular complexity index is 676. The number of rotatable bonds is 6. The van der Waals surface area contributed by atoms with Crippen molar-refractivity contribution in [3.8, 4) is 5.69 Å². The van der Waals surface area contributed by atoms with Crippen molar-refractivity contribution >= 4 is 18.3 Å². The van der Waals surface area contributed by atoms with E-state index in [0.29, 0.717) is 13.2 Å². The third-order valence-corrected chi connectivity index (χ3v) is 4.09. The normalized spacial score (nSPS) is 16.6. The monoisotopic (exact) mass is 329 g/mol. The second-order valence-corrected chi connectivity index (χ2v) is 6.56. The first kappa shape index (κ1) is 17.0. The lowest BCUT2D eigenvalue weighted by Gasteiger charge is -2.24. The lowest BCUT2D eigenvalue weighted by Crippen LogP contribution is -2.36. The van der Waals surface area contributed by atoms with Crippen LogP contribution in [0.15, 0.2) is 36.7 Å². The van der Waals surface area contributed by atoms with Crippen LogP contribution in [0.4, 0.5) is 5.69 Å². The van der Waals surface area contributed by atoms with Crippen molar-refractivity contribution in [2.75, 3.05) is 31.2 Å². The summed E-state index contributed by atoms with van der Waals surface area (Å²) < 4.78 is 13.7. The van der Waals surface area contributed by atoms with Crippen LogP contribution in [0.2, 0.25) is 0 Å². The summed E-state index contributed by atoms with van der Waals surface area (Å²) in [5, 5.41) is 13.6. The maximum Gasteiger partial charge on any atom is 0.494 e. The molecule has 7 heteroatoms. The van der Waals surface area contributed by atoms with Crippen LogP contribution in [-0.2, 0) is 9.31 Å². The van der Waals surface area contributed by atoms with Gasteiger partial charge in [-0.05, 0) is 50.5 Å². The van der Waals surface area contributed by atoms with Crippen LogP contribution < -0.4 is 10.4 Å². The molecule has 1 fully saturated rings. The standard InChI is InChI=1S/C17H24BN3O3/c1-4-20(8-9-22)15-10-14(18-23-13-17(2,3)24-18)11-16(12-15)21-7-5-6-19-21/h5-7,10-12,22H,4,8-9,13H2,1-3H3. The van der Waals surface area contributed by atoms with Crippen molar-refractivity contribution in [3.63, 3.8) is 0 Å². The van der Waals surface area contributed by atoms with Crippen LogP contribution in [0.25, 0.3) is 5.69 Å². The van der Waals surface area contributed by atoms with E-state index in [9.17, 15) is 5.11 Å². The zero-order valence-electron chi connectivity index (χ0n) is 14.5. The van der Waals surface area contributed by atoms with E-state index in [1.165, 1.54) is 0 Å².